The van der Waals surface area contributed by atoms with E-state index in [-0.39, 0.29) is 11.1 Å². The molecule has 0 spiro atoms. The van der Waals surface area contributed by atoms with Crippen LogP contribution in [0.5, 0.6) is 0 Å². The van der Waals surface area contributed by atoms with E-state index in [2.05, 4.69) is 12.6 Å². The average molecular weight is 225 g/mol. The van der Waals surface area contributed by atoms with E-state index < -0.39 is 0 Å². The third-order valence-electron chi connectivity index (χ3n) is 3.17. The number of benzene rings is 1. The van der Waals surface area contributed by atoms with Crippen LogP contribution in [0.1, 0.15) is 30.1 Å². The Morgan fingerprint density at radius 3 is 2.47 bits per heavy atom. The molecule has 15 heavy (non-hydrogen) atoms. The van der Waals surface area contributed by atoms with Crippen molar-refractivity contribution in [3.8, 4) is 0 Å². The zero-order valence-corrected chi connectivity index (χ0v) is 9.46. The Morgan fingerprint density at radius 1 is 1.27 bits per heavy atom. The predicted molar refractivity (Wildman–Crippen MR) is 63.4 cm³/mol. The summed E-state index contributed by atoms with van der Waals surface area (Å²) < 4.78 is 12.7. The summed E-state index contributed by atoms with van der Waals surface area (Å²) in [5, 5.41) is 0.194. The maximum atomic E-state index is 12.7. The van der Waals surface area contributed by atoms with Crippen LogP contribution in [0.4, 0.5) is 4.39 Å². The second kappa shape index (κ2) is 4.54. The molecular weight excluding hydrogens is 209 g/mol. The first-order valence-electron chi connectivity index (χ1n) is 5.36. The molecule has 82 valence electrons. The van der Waals surface area contributed by atoms with Gasteiger partial charge in [0.1, 0.15) is 5.82 Å². The van der Waals surface area contributed by atoms with E-state index in [4.69, 9.17) is 5.73 Å². The summed E-state index contributed by atoms with van der Waals surface area (Å²) in [4.78, 5) is 0. The predicted octanol–water partition coefficient (Wildman–Crippen LogP) is 2.92. The van der Waals surface area contributed by atoms with Crippen molar-refractivity contribution in [1.82, 2.24) is 0 Å². The molecule has 3 heteroatoms. The molecule has 2 N–H and O–H groups in total. The molecule has 1 fully saturated rings. The summed E-state index contributed by atoms with van der Waals surface area (Å²) in [6, 6.07) is 6.94. The van der Waals surface area contributed by atoms with Gasteiger partial charge in [-0.1, -0.05) is 12.1 Å². The summed E-state index contributed by atoms with van der Waals surface area (Å²) in [7, 11) is 0. The van der Waals surface area contributed by atoms with Crippen LogP contribution in [0, 0.1) is 11.7 Å². The third-order valence-corrected chi connectivity index (χ3v) is 3.89. The molecule has 0 aromatic heterocycles. The van der Waals surface area contributed by atoms with E-state index in [1.165, 1.54) is 12.1 Å². The van der Waals surface area contributed by atoms with Gasteiger partial charge in [0.15, 0.2) is 0 Å². The zero-order valence-electron chi connectivity index (χ0n) is 8.57. The number of halogens is 1. The highest BCUT2D eigenvalue weighted by Gasteiger charge is 2.27. The zero-order chi connectivity index (χ0) is 10.8. The molecule has 0 heterocycles. The molecule has 0 radical (unpaired) electrons. The molecule has 0 saturated heterocycles. The van der Waals surface area contributed by atoms with Gasteiger partial charge in [-0.25, -0.2) is 4.39 Å². The summed E-state index contributed by atoms with van der Waals surface area (Å²) >= 11 is 4.61. The number of thiol groups is 1. The molecule has 3 atom stereocenters. The minimum absolute atomic E-state index is 0.192. The number of rotatable bonds is 2. The number of hydrogen-bond acceptors (Lipinski definition) is 2. The van der Waals surface area contributed by atoms with E-state index >= 15 is 0 Å². The lowest BCUT2D eigenvalue weighted by molar-refractivity contribution is 0.526. The van der Waals surface area contributed by atoms with Crippen LogP contribution in [0.15, 0.2) is 24.3 Å². The van der Waals surface area contributed by atoms with Gasteiger partial charge in [-0.05, 0) is 42.9 Å². The molecule has 2 rings (SSSR count). The largest absolute Gasteiger partial charge is 0.328 e. The fourth-order valence-corrected chi connectivity index (χ4v) is 2.71. The lowest BCUT2D eigenvalue weighted by Gasteiger charge is -2.18. The number of nitrogens with two attached hydrogens (primary N) is 1. The Bertz CT molecular complexity index is 325. The van der Waals surface area contributed by atoms with Gasteiger partial charge in [0.2, 0.25) is 0 Å². The van der Waals surface area contributed by atoms with Crippen LogP contribution in [0.25, 0.3) is 0 Å². The van der Waals surface area contributed by atoms with Gasteiger partial charge in [0, 0.05) is 11.3 Å². The first-order chi connectivity index (χ1) is 7.16. The van der Waals surface area contributed by atoms with Gasteiger partial charge in [-0.15, -0.1) is 0 Å². The smallest absolute Gasteiger partial charge is 0.123 e. The molecule has 1 aliphatic rings. The second-order valence-electron chi connectivity index (χ2n) is 4.33. The van der Waals surface area contributed by atoms with E-state index in [0.717, 1.165) is 24.8 Å². The Labute approximate surface area is 95.3 Å². The normalized spacial score (nSPS) is 27.9. The molecule has 1 nitrogen and oxygen atoms in total. The van der Waals surface area contributed by atoms with Crippen molar-refractivity contribution in [3.63, 3.8) is 0 Å². The van der Waals surface area contributed by atoms with E-state index in [1.54, 1.807) is 0 Å². The van der Waals surface area contributed by atoms with Crippen LogP contribution >= 0.6 is 12.6 Å². The highest BCUT2D eigenvalue weighted by atomic mass is 32.1. The van der Waals surface area contributed by atoms with Crippen molar-refractivity contribution in [2.45, 2.75) is 30.6 Å². The average Bonchev–Trinajstić information content (AvgIpc) is 2.65. The van der Waals surface area contributed by atoms with Crippen LogP contribution in [0.2, 0.25) is 0 Å². The van der Waals surface area contributed by atoms with Crippen molar-refractivity contribution in [2.24, 2.45) is 11.7 Å². The number of hydrogen-bond donors (Lipinski definition) is 2. The van der Waals surface area contributed by atoms with Gasteiger partial charge in [-0.3, -0.25) is 0 Å². The van der Waals surface area contributed by atoms with E-state index in [9.17, 15) is 4.39 Å². The fourth-order valence-electron chi connectivity index (χ4n) is 2.27. The summed E-state index contributed by atoms with van der Waals surface area (Å²) in [5.74, 6) is 0.344. The van der Waals surface area contributed by atoms with Crippen LogP contribution in [-0.4, -0.2) is 6.04 Å². The minimum Gasteiger partial charge on any atom is -0.328 e. The Kier molecular flexibility index (Phi) is 3.32. The maximum Gasteiger partial charge on any atom is 0.123 e. The Hall–Kier alpha value is -0.540. The summed E-state index contributed by atoms with van der Waals surface area (Å²) in [6.07, 6.45) is 3.25. The molecular formula is C12H16FNS. The van der Waals surface area contributed by atoms with E-state index in [0.29, 0.717) is 12.0 Å². The topological polar surface area (TPSA) is 26.0 Å². The SMILES string of the molecule is N[C@H]1CC[C@@H](C(S)c2ccc(F)cc2)C1. The molecule has 1 unspecified atom stereocenters. The summed E-state index contributed by atoms with van der Waals surface area (Å²) in [5.41, 5.74) is 6.97. The Balaban J connectivity index is 2.07. The van der Waals surface area contributed by atoms with Crippen molar-refractivity contribution < 1.29 is 4.39 Å². The maximum absolute atomic E-state index is 12.7. The molecule has 0 aliphatic heterocycles. The molecule has 0 bridgehead atoms. The first-order valence-corrected chi connectivity index (χ1v) is 5.87. The van der Waals surface area contributed by atoms with Crippen molar-refractivity contribution in [2.75, 3.05) is 0 Å². The highest BCUT2D eigenvalue weighted by molar-refractivity contribution is 7.80. The second-order valence-corrected chi connectivity index (χ2v) is 4.89. The van der Waals surface area contributed by atoms with Crippen molar-refractivity contribution in [3.05, 3.63) is 35.6 Å². The lowest BCUT2D eigenvalue weighted by atomic mass is 9.97. The minimum atomic E-state index is -0.192. The van der Waals surface area contributed by atoms with Gasteiger partial charge in [-0.2, -0.15) is 12.6 Å². The molecule has 0 amide bonds. The van der Waals surface area contributed by atoms with Crippen LogP contribution in [-0.2, 0) is 0 Å². The molecule has 1 saturated carbocycles. The van der Waals surface area contributed by atoms with Crippen LogP contribution in [0.3, 0.4) is 0 Å². The van der Waals surface area contributed by atoms with Gasteiger partial charge < -0.3 is 5.73 Å². The fraction of sp³-hybridized carbons (Fsp3) is 0.500. The van der Waals surface area contributed by atoms with Gasteiger partial charge >= 0.3 is 0 Å². The molecule has 1 aromatic carbocycles. The van der Waals surface area contributed by atoms with Gasteiger partial charge in [0.05, 0.1) is 0 Å². The highest BCUT2D eigenvalue weighted by Crippen LogP contribution is 2.39. The van der Waals surface area contributed by atoms with Crippen LogP contribution < -0.4 is 5.73 Å². The third kappa shape index (κ3) is 2.52. The molecule has 1 aromatic rings. The van der Waals surface area contributed by atoms with Crippen molar-refractivity contribution in [1.29, 1.82) is 0 Å². The quantitative estimate of drug-likeness (QED) is 0.744. The standard InChI is InChI=1S/C12H16FNS/c13-10-4-1-8(2-5-10)12(15)9-3-6-11(14)7-9/h1-2,4-5,9,11-12,15H,3,6-7,14H2/t9-,11+,12?/m1/s1. The monoisotopic (exact) mass is 225 g/mol. The molecule has 1 aliphatic carbocycles. The van der Waals surface area contributed by atoms with E-state index in [1.807, 2.05) is 12.1 Å². The Morgan fingerprint density at radius 2 is 1.93 bits per heavy atom. The lowest BCUT2D eigenvalue weighted by Crippen LogP contribution is -2.15. The van der Waals surface area contributed by atoms with Crippen molar-refractivity contribution >= 4 is 12.6 Å². The van der Waals surface area contributed by atoms with Gasteiger partial charge in [0.25, 0.3) is 0 Å². The first kappa shape index (κ1) is 11.0. The summed E-state index contributed by atoms with van der Waals surface area (Å²) in [6.45, 7) is 0.